The molecule has 2 heterocycles. The standard InChI is InChI=1S/C35H38ClN5O3S/c1-5-41-33(42)38-40-35(41,23-26-10-14-28(15-11-26)34(2,3)4)22-6-7-25-8-12-27(13-9-25)32-21-18-30(24-37-32)39-45(43,44)31-19-16-29(36)17-20-31/h8-21,24,39H,5-7,22-23H2,1-4H3. The fourth-order valence-electron chi connectivity index (χ4n) is 5.58. The summed E-state index contributed by atoms with van der Waals surface area (Å²) in [6.07, 6.45) is 4.49. The third kappa shape index (κ3) is 7.60. The van der Waals surface area contributed by atoms with E-state index in [2.05, 4.69) is 77.1 Å². The Hall–Kier alpha value is -4.08. The molecule has 5 rings (SSSR count). The molecule has 1 atom stereocenters. The molecule has 0 aliphatic carbocycles. The van der Waals surface area contributed by atoms with Gasteiger partial charge in [-0.2, -0.15) is 5.11 Å². The van der Waals surface area contributed by atoms with E-state index in [0.29, 0.717) is 30.1 Å². The van der Waals surface area contributed by atoms with Crippen molar-refractivity contribution in [3.63, 3.8) is 0 Å². The maximum Gasteiger partial charge on any atom is 0.363 e. The first kappa shape index (κ1) is 32.3. The second kappa shape index (κ2) is 13.1. The minimum absolute atomic E-state index is 0.0721. The summed E-state index contributed by atoms with van der Waals surface area (Å²) >= 11 is 5.88. The Morgan fingerprint density at radius 2 is 1.56 bits per heavy atom. The second-order valence-electron chi connectivity index (χ2n) is 12.4. The first-order valence-electron chi connectivity index (χ1n) is 15.1. The molecule has 0 bridgehead atoms. The van der Waals surface area contributed by atoms with Crippen LogP contribution in [-0.4, -0.2) is 36.5 Å². The number of urea groups is 1. The van der Waals surface area contributed by atoms with Crippen LogP contribution in [0.15, 0.2) is 106 Å². The van der Waals surface area contributed by atoms with E-state index in [1.807, 2.05) is 19.1 Å². The van der Waals surface area contributed by atoms with Crippen molar-refractivity contribution >= 4 is 33.3 Å². The number of nitrogens with one attached hydrogen (secondary N) is 1. The number of rotatable bonds is 11. The first-order chi connectivity index (χ1) is 21.4. The minimum Gasteiger partial charge on any atom is -0.295 e. The Kier molecular flexibility index (Phi) is 9.41. The molecule has 45 heavy (non-hydrogen) atoms. The number of aryl methyl sites for hydroxylation is 1. The van der Waals surface area contributed by atoms with E-state index in [9.17, 15) is 13.2 Å². The first-order valence-corrected chi connectivity index (χ1v) is 16.9. The largest absolute Gasteiger partial charge is 0.363 e. The lowest BCUT2D eigenvalue weighted by atomic mass is 9.85. The van der Waals surface area contributed by atoms with E-state index < -0.39 is 15.7 Å². The molecule has 234 valence electrons. The number of aromatic nitrogens is 1. The Morgan fingerprint density at radius 1 is 0.889 bits per heavy atom. The number of azo groups is 1. The van der Waals surface area contributed by atoms with Crippen molar-refractivity contribution in [3.05, 3.63) is 113 Å². The van der Waals surface area contributed by atoms with Gasteiger partial charge in [0, 0.05) is 23.6 Å². The third-order valence-electron chi connectivity index (χ3n) is 8.11. The SMILES string of the molecule is CCN1C(=O)N=NC1(CCCc1ccc(-c2ccc(NS(=O)(=O)c3ccc(Cl)cc3)cn2)cc1)Cc1ccc(C(C)(C)C)cc1. The van der Waals surface area contributed by atoms with Gasteiger partial charge < -0.3 is 0 Å². The number of hydrogen-bond acceptors (Lipinski definition) is 5. The van der Waals surface area contributed by atoms with Crippen LogP contribution in [0.1, 0.15) is 57.2 Å². The van der Waals surface area contributed by atoms with Crippen molar-refractivity contribution in [2.24, 2.45) is 10.2 Å². The maximum absolute atomic E-state index is 12.7. The Morgan fingerprint density at radius 3 is 2.16 bits per heavy atom. The molecule has 10 heteroatoms. The number of hydrogen-bond donors (Lipinski definition) is 1. The number of carbonyl (C=O) groups is 1. The van der Waals surface area contributed by atoms with Crippen LogP contribution in [0.25, 0.3) is 11.3 Å². The topological polar surface area (TPSA) is 104 Å². The molecule has 0 fully saturated rings. The predicted molar refractivity (Wildman–Crippen MR) is 179 cm³/mol. The number of likely N-dealkylation sites (N-methyl/N-ethyl adjacent to an activating group) is 1. The minimum atomic E-state index is -3.75. The zero-order valence-corrected chi connectivity index (χ0v) is 27.6. The average molecular weight is 644 g/mol. The quantitative estimate of drug-likeness (QED) is 0.177. The third-order valence-corrected chi connectivity index (χ3v) is 9.76. The zero-order chi connectivity index (χ0) is 32.2. The molecule has 0 saturated carbocycles. The van der Waals surface area contributed by atoms with Crippen LogP contribution in [0.2, 0.25) is 5.02 Å². The molecule has 8 nitrogen and oxygen atoms in total. The zero-order valence-electron chi connectivity index (χ0n) is 26.0. The highest BCUT2D eigenvalue weighted by Crippen LogP contribution is 2.35. The lowest BCUT2D eigenvalue weighted by Crippen LogP contribution is -2.47. The van der Waals surface area contributed by atoms with Gasteiger partial charge >= 0.3 is 6.03 Å². The van der Waals surface area contributed by atoms with Crippen molar-refractivity contribution < 1.29 is 13.2 Å². The fourth-order valence-corrected chi connectivity index (χ4v) is 6.74. The molecule has 3 aromatic carbocycles. The summed E-state index contributed by atoms with van der Waals surface area (Å²) in [7, 11) is -3.75. The second-order valence-corrected chi connectivity index (χ2v) is 14.5. The van der Waals surface area contributed by atoms with Crippen molar-refractivity contribution in [1.29, 1.82) is 0 Å². The summed E-state index contributed by atoms with van der Waals surface area (Å²) in [6, 6.07) is 26.0. The lowest BCUT2D eigenvalue weighted by molar-refractivity contribution is 0.138. The van der Waals surface area contributed by atoms with Gasteiger partial charge in [0.05, 0.1) is 22.5 Å². The lowest BCUT2D eigenvalue weighted by Gasteiger charge is -2.34. The summed E-state index contributed by atoms with van der Waals surface area (Å²) in [5.41, 5.74) is 4.98. The van der Waals surface area contributed by atoms with Crippen molar-refractivity contribution in [2.75, 3.05) is 11.3 Å². The van der Waals surface area contributed by atoms with Gasteiger partial charge in [0.25, 0.3) is 10.0 Å². The number of pyridine rings is 1. The van der Waals surface area contributed by atoms with E-state index in [1.165, 1.54) is 41.6 Å². The van der Waals surface area contributed by atoms with Gasteiger partial charge in [-0.05, 0) is 84.7 Å². The Labute approximate surface area is 270 Å². The van der Waals surface area contributed by atoms with E-state index in [-0.39, 0.29) is 16.3 Å². The van der Waals surface area contributed by atoms with Crippen molar-refractivity contribution in [1.82, 2.24) is 9.88 Å². The predicted octanol–water partition coefficient (Wildman–Crippen LogP) is 8.67. The molecule has 0 radical (unpaired) electrons. The van der Waals surface area contributed by atoms with Crippen LogP contribution in [0.3, 0.4) is 0 Å². The molecule has 1 aliphatic rings. The van der Waals surface area contributed by atoms with Crippen LogP contribution in [0.5, 0.6) is 0 Å². The van der Waals surface area contributed by atoms with Gasteiger partial charge in [-0.1, -0.05) is 86.0 Å². The highest BCUT2D eigenvalue weighted by atomic mass is 35.5. The average Bonchev–Trinajstić information content (AvgIpc) is 3.32. The monoisotopic (exact) mass is 643 g/mol. The normalized spacial score (nSPS) is 16.7. The highest BCUT2D eigenvalue weighted by Gasteiger charge is 2.43. The summed E-state index contributed by atoms with van der Waals surface area (Å²) in [5.74, 6) is 0. The summed E-state index contributed by atoms with van der Waals surface area (Å²) in [5, 5.41) is 8.98. The van der Waals surface area contributed by atoms with Gasteiger partial charge in [-0.25, -0.2) is 13.2 Å². The van der Waals surface area contributed by atoms with Gasteiger partial charge in [0.1, 0.15) is 0 Å². The number of nitrogens with zero attached hydrogens (tertiary/aromatic N) is 4. The van der Waals surface area contributed by atoms with E-state index in [1.54, 1.807) is 17.0 Å². The van der Waals surface area contributed by atoms with Crippen LogP contribution in [0.4, 0.5) is 10.5 Å². The van der Waals surface area contributed by atoms with Crippen molar-refractivity contribution in [2.45, 2.75) is 69.4 Å². The van der Waals surface area contributed by atoms with Crippen LogP contribution >= 0.6 is 11.6 Å². The number of benzene rings is 3. The molecule has 1 aliphatic heterocycles. The summed E-state index contributed by atoms with van der Waals surface area (Å²) < 4.78 is 27.9. The molecule has 0 saturated heterocycles. The summed E-state index contributed by atoms with van der Waals surface area (Å²) in [6.45, 7) is 9.11. The van der Waals surface area contributed by atoms with Gasteiger partial charge in [0.2, 0.25) is 0 Å². The van der Waals surface area contributed by atoms with Gasteiger partial charge in [-0.15, -0.1) is 0 Å². The number of halogens is 1. The van der Waals surface area contributed by atoms with Crippen LogP contribution in [0, 0.1) is 0 Å². The van der Waals surface area contributed by atoms with Crippen molar-refractivity contribution in [3.8, 4) is 11.3 Å². The maximum atomic E-state index is 12.7. The number of anilines is 1. The number of carbonyl (C=O) groups excluding carboxylic acids is 1. The van der Waals surface area contributed by atoms with E-state index in [0.717, 1.165) is 29.7 Å². The number of amides is 2. The smallest absolute Gasteiger partial charge is 0.295 e. The van der Waals surface area contributed by atoms with Gasteiger partial charge in [-0.3, -0.25) is 14.6 Å². The summed E-state index contributed by atoms with van der Waals surface area (Å²) in [4.78, 5) is 19.0. The molecular weight excluding hydrogens is 606 g/mol. The van der Waals surface area contributed by atoms with Gasteiger partial charge in [0.15, 0.2) is 5.66 Å². The molecule has 1 N–H and O–H groups in total. The highest BCUT2D eigenvalue weighted by molar-refractivity contribution is 7.92. The molecular formula is C35H38ClN5O3S. The fraction of sp³-hybridized carbons (Fsp3) is 0.314. The molecule has 2 amide bonds. The molecule has 0 spiro atoms. The van der Waals surface area contributed by atoms with E-state index in [4.69, 9.17) is 11.6 Å². The van der Waals surface area contributed by atoms with E-state index >= 15 is 0 Å². The Balaban J connectivity index is 1.21. The molecule has 1 aromatic heterocycles. The number of sulfonamides is 1. The van der Waals surface area contributed by atoms with Crippen LogP contribution < -0.4 is 4.72 Å². The van der Waals surface area contributed by atoms with Crippen LogP contribution in [-0.2, 0) is 28.3 Å². The molecule has 1 unspecified atom stereocenters. The molecule has 4 aromatic rings. The Bertz CT molecular complexity index is 1770.